The topological polar surface area (TPSA) is 55.4 Å². The Morgan fingerprint density at radius 1 is 1.11 bits per heavy atom. The highest BCUT2D eigenvalue weighted by molar-refractivity contribution is 6.31. The van der Waals surface area contributed by atoms with Gasteiger partial charge in [0, 0.05) is 17.9 Å². The second-order valence-electron chi connectivity index (χ2n) is 8.23. The van der Waals surface area contributed by atoms with Crippen molar-refractivity contribution in [2.45, 2.75) is 57.4 Å². The Balaban J connectivity index is 1.93. The molecule has 0 aromatic heterocycles. The third kappa shape index (κ3) is 3.59. The average molecular weight is 394 g/mol. The summed E-state index contributed by atoms with van der Waals surface area (Å²) < 4.78 is 5.70. The lowest BCUT2D eigenvalue weighted by Crippen LogP contribution is -2.71. The fraction of sp³-hybridized carbons (Fsp3) is 0.619. The van der Waals surface area contributed by atoms with Crippen molar-refractivity contribution in [1.82, 2.24) is 0 Å². The van der Waals surface area contributed by atoms with Crippen LogP contribution in [-0.4, -0.2) is 49.1 Å². The van der Waals surface area contributed by atoms with Gasteiger partial charge in [-0.3, -0.25) is 4.79 Å². The summed E-state index contributed by atoms with van der Waals surface area (Å²) in [6.07, 6.45) is 7.69. The maximum Gasteiger partial charge on any atom is 0.340 e. The molecule has 0 radical (unpaired) electrons. The quantitative estimate of drug-likeness (QED) is 0.612. The molecule has 2 aliphatic rings. The molecule has 1 saturated heterocycles. The van der Waals surface area contributed by atoms with Crippen LogP contribution < -0.4 is 5.32 Å². The summed E-state index contributed by atoms with van der Waals surface area (Å²) in [5.41, 5.74) is 1.20. The van der Waals surface area contributed by atoms with Gasteiger partial charge < -0.3 is 14.5 Å². The molecule has 27 heavy (non-hydrogen) atoms. The maximum absolute atomic E-state index is 13.5. The summed E-state index contributed by atoms with van der Waals surface area (Å²) in [7, 11) is 3.57. The largest absolute Gasteiger partial charge is 0.465 e. The number of methoxy groups -OCH3 is 1. The van der Waals surface area contributed by atoms with Crippen LogP contribution in [0.25, 0.3) is 0 Å². The van der Waals surface area contributed by atoms with Gasteiger partial charge in [-0.05, 0) is 56.7 Å². The number of nitrogens with zero attached hydrogens (tertiary/aromatic N) is 1. The van der Waals surface area contributed by atoms with Gasteiger partial charge in [-0.1, -0.05) is 11.6 Å². The molecule has 0 spiro atoms. The molecule has 0 atom stereocenters. The Kier molecular flexibility index (Phi) is 5.82. The Bertz CT molecular complexity index is 735. The number of amides is 1. The number of carbonyl (C=O) groups excluding carboxylic acids is 2. The number of nitrogens with one attached hydrogen (secondary N) is 1. The van der Waals surface area contributed by atoms with Gasteiger partial charge in [0.2, 0.25) is 0 Å². The second kappa shape index (κ2) is 7.80. The molecule has 1 N–H and O–H groups in total. The molecule has 1 aliphatic heterocycles. The van der Waals surface area contributed by atoms with Crippen molar-refractivity contribution in [3.05, 3.63) is 28.3 Å². The van der Waals surface area contributed by atoms with E-state index in [1.807, 2.05) is 6.92 Å². The number of carbonyl (C=O) groups is 2. The molecule has 3 rings (SSSR count). The number of aryl methyl sites for hydroxylation is 1. The zero-order valence-corrected chi connectivity index (χ0v) is 17.3. The molecule has 1 amide bonds. The summed E-state index contributed by atoms with van der Waals surface area (Å²) >= 11 is 6.13. The van der Waals surface area contributed by atoms with Crippen LogP contribution in [-0.2, 0) is 9.53 Å². The van der Waals surface area contributed by atoms with Crippen molar-refractivity contribution in [3.8, 4) is 0 Å². The van der Waals surface area contributed by atoms with E-state index in [2.05, 4.69) is 12.4 Å². The molecule has 1 heterocycles. The van der Waals surface area contributed by atoms with Gasteiger partial charge in [0.1, 0.15) is 0 Å². The molecular formula is C21H30ClN2O3+. The lowest BCUT2D eigenvalue weighted by molar-refractivity contribution is -0.954. The Morgan fingerprint density at radius 3 is 2.26 bits per heavy atom. The number of esters is 1. The number of halogens is 1. The van der Waals surface area contributed by atoms with Gasteiger partial charge >= 0.3 is 5.97 Å². The predicted molar refractivity (Wildman–Crippen MR) is 107 cm³/mol. The van der Waals surface area contributed by atoms with E-state index in [9.17, 15) is 9.59 Å². The molecule has 5 nitrogen and oxygen atoms in total. The molecule has 148 valence electrons. The number of quaternary nitrogens is 1. The van der Waals surface area contributed by atoms with Crippen LogP contribution >= 0.6 is 11.6 Å². The van der Waals surface area contributed by atoms with Crippen LogP contribution in [0.5, 0.6) is 0 Å². The van der Waals surface area contributed by atoms with E-state index in [-0.39, 0.29) is 5.91 Å². The molecule has 2 fully saturated rings. The molecule has 1 aromatic carbocycles. The molecule has 1 saturated carbocycles. The van der Waals surface area contributed by atoms with Gasteiger partial charge in [-0.15, -0.1) is 0 Å². The summed E-state index contributed by atoms with van der Waals surface area (Å²) in [6.45, 7) is 3.93. The lowest BCUT2D eigenvalue weighted by atomic mass is 9.72. The first-order valence-electron chi connectivity index (χ1n) is 9.87. The number of anilines is 1. The van der Waals surface area contributed by atoms with E-state index in [0.717, 1.165) is 42.4 Å². The van der Waals surface area contributed by atoms with Crippen LogP contribution in [0.15, 0.2) is 12.1 Å². The second-order valence-corrected chi connectivity index (χ2v) is 8.67. The van der Waals surface area contributed by atoms with Crippen LogP contribution in [0.3, 0.4) is 0 Å². The zero-order valence-electron chi connectivity index (χ0n) is 16.6. The van der Waals surface area contributed by atoms with E-state index in [1.165, 1.54) is 32.8 Å². The van der Waals surface area contributed by atoms with Gasteiger partial charge in [0.05, 0.1) is 38.5 Å². The fourth-order valence-electron chi connectivity index (χ4n) is 4.75. The van der Waals surface area contributed by atoms with Gasteiger partial charge in [-0.25, -0.2) is 4.79 Å². The molecule has 0 bridgehead atoms. The number of benzene rings is 1. The number of likely N-dealkylation sites (N-methyl/N-ethyl adjacent to an activating group) is 1. The summed E-state index contributed by atoms with van der Waals surface area (Å²) in [5, 5.41) is 3.55. The van der Waals surface area contributed by atoms with E-state index in [0.29, 0.717) is 16.3 Å². The molecule has 0 unspecified atom stereocenters. The fourth-order valence-corrected chi connectivity index (χ4v) is 5.02. The van der Waals surface area contributed by atoms with Crippen molar-refractivity contribution in [1.29, 1.82) is 0 Å². The van der Waals surface area contributed by atoms with Gasteiger partial charge in [0.15, 0.2) is 5.54 Å². The first kappa shape index (κ1) is 20.2. The van der Waals surface area contributed by atoms with E-state index < -0.39 is 11.5 Å². The smallest absolute Gasteiger partial charge is 0.340 e. The first-order chi connectivity index (χ1) is 12.8. The SMILES string of the molecule is COC(=O)c1cc(Cl)cc(C)c1NC(=O)C1([N+]2(C)CCCCCC2)CCC1. The van der Waals surface area contributed by atoms with Crippen LogP contribution in [0.4, 0.5) is 5.69 Å². The highest BCUT2D eigenvalue weighted by Crippen LogP contribution is 2.44. The zero-order chi connectivity index (χ0) is 19.7. The minimum Gasteiger partial charge on any atom is -0.465 e. The van der Waals surface area contributed by atoms with Crippen molar-refractivity contribution in [2.75, 3.05) is 32.6 Å². The van der Waals surface area contributed by atoms with Crippen molar-refractivity contribution < 1.29 is 18.8 Å². The summed E-state index contributed by atoms with van der Waals surface area (Å²) in [6, 6.07) is 3.32. The Hall–Kier alpha value is -1.59. The number of hydrogen-bond donors (Lipinski definition) is 1. The predicted octanol–water partition coefficient (Wildman–Crippen LogP) is 4.32. The summed E-state index contributed by atoms with van der Waals surface area (Å²) in [5.74, 6) is -0.470. The third-order valence-electron chi connectivity index (χ3n) is 6.63. The van der Waals surface area contributed by atoms with Crippen molar-refractivity contribution in [2.24, 2.45) is 0 Å². The van der Waals surface area contributed by atoms with Crippen LogP contribution in [0.2, 0.25) is 5.02 Å². The van der Waals surface area contributed by atoms with Gasteiger partial charge in [0.25, 0.3) is 5.91 Å². The van der Waals surface area contributed by atoms with E-state index >= 15 is 0 Å². The average Bonchev–Trinajstić information content (AvgIpc) is 2.80. The van der Waals surface area contributed by atoms with Crippen LogP contribution in [0.1, 0.15) is 60.9 Å². The number of ether oxygens (including phenoxy) is 1. The minimum absolute atomic E-state index is 0.0220. The lowest BCUT2D eigenvalue weighted by Gasteiger charge is -2.54. The Labute approximate surface area is 166 Å². The standard InChI is InChI=1S/C21H29ClN2O3/c1-15-13-16(22)14-17(19(25)27-3)18(15)23-20(26)21(9-8-10-21)24(2)11-6-4-5-7-12-24/h13-14H,4-12H2,1-3H3/p+1. The number of rotatable bonds is 4. The maximum atomic E-state index is 13.5. The van der Waals surface area contributed by atoms with E-state index in [4.69, 9.17) is 16.3 Å². The summed E-state index contributed by atoms with van der Waals surface area (Å²) in [4.78, 5) is 25.7. The normalized spacial score (nSPS) is 20.9. The third-order valence-corrected chi connectivity index (χ3v) is 6.85. The monoisotopic (exact) mass is 393 g/mol. The van der Waals surface area contributed by atoms with Gasteiger partial charge in [-0.2, -0.15) is 0 Å². The minimum atomic E-state index is -0.492. The molecule has 6 heteroatoms. The number of likely N-dealkylation sites (tertiary alicyclic amines) is 1. The van der Waals surface area contributed by atoms with Crippen molar-refractivity contribution in [3.63, 3.8) is 0 Å². The molecular weight excluding hydrogens is 364 g/mol. The van der Waals surface area contributed by atoms with E-state index in [1.54, 1.807) is 12.1 Å². The number of hydrogen-bond acceptors (Lipinski definition) is 3. The highest BCUT2D eigenvalue weighted by atomic mass is 35.5. The van der Waals surface area contributed by atoms with Crippen LogP contribution in [0, 0.1) is 6.92 Å². The van der Waals surface area contributed by atoms with Crippen molar-refractivity contribution >= 4 is 29.2 Å². The Morgan fingerprint density at radius 2 is 1.74 bits per heavy atom. The molecule has 1 aromatic rings. The first-order valence-corrected chi connectivity index (χ1v) is 10.3. The highest BCUT2D eigenvalue weighted by Gasteiger charge is 2.58. The molecule has 1 aliphatic carbocycles.